The maximum absolute atomic E-state index is 11.9. The molecule has 2 aromatic rings. The van der Waals surface area contributed by atoms with Gasteiger partial charge in [0.15, 0.2) is 0 Å². The van der Waals surface area contributed by atoms with Crippen LogP contribution in [0.1, 0.15) is 5.56 Å². The first-order valence-electron chi connectivity index (χ1n) is 5.41. The number of alkyl halides is 3. The van der Waals surface area contributed by atoms with E-state index in [-0.39, 0.29) is 6.54 Å². The van der Waals surface area contributed by atoms with Crippen molar-refractivity contribution >= 4 is 0 Å². The molecule has 0 unspecified atom stereocenters. The summed E-state index contributed by atoms with van der Waals surface area (Å²) in [5, 5.41) is 6.41. The average Bonchev–Trinajstić information content (AvgIpc) is 2.82. The first-order valence-corrected chi connectivity index (χ1v) is 5.41. The first-order chi connectivity index (χ1) is 8.54. The fourth-order valence-corrected chi connectivity index (χ4v) is 1.54. The normalized spacial score (nSPS) is 11.7. The summed E-state index contributed by atoms with van der Waals surface area (Å²) in [6, 6.07) is 8.99. The first kappa shape index (κ1) is 12.6. The van der Waals surface area contributed by atoms with Crippen LogP contribution in [0.5, 0.6) is 0 Å². The molecule has 0 saturated heterocycles. The lowest BCUT2D eigenvalue weighted by Gasteiger charge is -2.08. The number of halogens is 3. The Hall–Kier alpha value is -1.82. The minimum atomic E-state index is -4.17. The van der Waals surface area contributed by atoms with Gasteiger partial charge in [0.25, 0.3) is 0 Å². The Bertz CT molecular complexity index is 474. The third kappa shape index (κ3) is 3.59. The van der Waals surface area contributed by atoms with Crippen molar-refractivity contribution in [3.8, 4) is 5.69 Å². The van der Waals surface area contributed by atoms with Crippen LogP contribution in [0.25, 0.3) is 5.69 Å². The van der Waals surface area contributed by atoms with Crippen molar-refractivity contribution in [1.29, 1.82) is 0 Å². The zero-order valence-corrected chi connectivity index (χ0v) is 9.48. The van der Waals surface area contributed by atoms with Crippen LogP contribution in [0.3, 0.4) is 0 Å². The molecule has 2 rings (SSSR count). The van der Waals surface area contributed by atoms with Gasteiger partial charge in [0.2, 0.25) is 0 Å². The molecule has 6 heteroatoms. The van der Waals surface area contributed by atoms with Crippen LogP contribution < -0.4 is 5.32 Å². The van der Waals surface area contributed by atoms with Crippen molar-refractivity contribution in [2.75, 3.05) is 6.54 Å². The molecule has 1 aromatic carbocycles. The molecule has 96 valence electrons. The molecule has 0 spiro atoms. The van der Waals surface area contributed by atoms with E-state index in [1.807, 2.05) is 12.1 Å². The van der Waals surface area contributed by atoms with Gasteiger partial charge in [-0.25, -0.2) is 4.68 Å². The maximum atomic E-state index is 11.9. The topological polar surface area (TPSA) is 29.9 Å². The lowest BCUT2D eigenvalue weighted by Crippen LogP contribution is -2.28. The van der Waals surface area contributed by atoms with Gasteiger partial charge in [-0.05, 0) is 23.8 Å². The van der Waals surface area contributed by atoms with Gasteiger partial charge in [0.1, 0.15) is 0 Å². The number of hydrogen-bond donors (Lipinski definition) is 1. The zero-order chi connectivity index (χ0) is 13.0. The Labute approximate surface area is 102 Å². The summed E-state index contributed by atoms with van der Waals surface area (Å²) in [5.74, 6) is 0. The van der Waals surface area contributed by atoms with Crippen LogP contribution >= 0.6 is 0 Å². The highest BCUT2D eigenvalue weighted by Crippen LogP contribution is 2.13. The monoisotopic (exact) mass is 255 g/mol. The van der Waals surface area contributed by atoms with E-state index in [9.17, 15) is 13.2 Å². The number of nitrogens with zero attached hydrogens (tertiary/aromatic N) is 2. The van der Waals surface area contributed by atoms with Gasteiger partial charge >= 0.3 is 6.18 Å². The fraction of sp³-hybridized carbons (Fsp3) is 0.250. The largest absolute Gasteiger partial charge is 0.401 e. The Morgan fingerprint density at radius 2 is 1.89 bits per heavy atom. The van der Waals surface area contributed by atoms with Crippen LogP contribution in [-0.4, -0.2) is 22.5 Å². The van der Waals surface area contributed by atoms with Gasteiger partial charge in [-0.3, -0.25) is 0 Å². The summed E-state index contributed by atoms with van der Waals surface area (Å²) in [6.45, 7) is -0.785. The van der Waals surface area contributed by atoms with Crippen molar-refractivity contribution in [3.05, 3.63) is 48.3 Å². The van der Waals surface area contributed by atoms with Gasteiger partial charge in [-0.15, -0.1) is 0 Å². The molecule has 0 aliphatic rings. The second kappa shape index (κ2) is 5.22. The molecule has 0 amide bonds. The maximum Gasteiger partial charge on any atom is 0.401 e. The molecular formula is C12H12F3N3. The van der Waals surface area contributed by atoms with E-state index in [1.165, 1.54) is 0 Å². The van der Waals surface area contributed by atoms with Crippen LogP contribution in [0.2, 0.25) is 0 Å². The van der Waals surface area contributed by atoms with Crippen molar-refractivity contribution in [2.24, 2.45) is 0 Å². The quantitative estimate of drug-likeness (QED) is 0.909. The SMILES string of the molecule is FC(F)(F)CNCc1ccc(-n2cccn2)cc1. The van der Waals surface area contributed by atoms with E-state index in [2.05, 4.69) is 10.4 Å². The van der Waals surface area contributed by atoms with Crippen LogP contribution in [0, 0.1) is 0 Å². The van der Waals surface area contributed by atoms with Crippen LogP contribution in [0.4, 0.5) is 13.2 Å². The fourth-order valence-electron chi connectivity index (χ4n) is 1.54. The van der Waals surface area contributed by atoms with E-state index in [0.717, 1.165) is 11.3 Å². The predicted molar refractivity (Wildman–Crippen MR) is 61.3 cm³/mol. The molecule has 18 heavy (non-hydrogen) atoms. The summed E-state index contributed by atoms with van der Waals surface area (Å²) in [5.41, 5.74) is 1.68. The van der Waals surface area contributed by atoms with Crippen molar-refractivity contribution in [1.82, 2.24) is 15.1 Å². The average molecular weight is 255 g/mol. The highest BCUT2D eigenvalue weighted by atomic mass is 19.4. The Balaban J connectivity index is 1.92. The van der Waals surface area contributed by atoms with Crippen molar-refractivity contribution < 1.29 is 13.2 Å². The highest BCUT2D eigenvalue weighted by molar-refractivity contribution is 5.33. The smallest absolute Gasteiger partial charge is 0.305 e. The summed E-state index contributed by atoms with van der Waals surface area (Å²) in [7, 11) is 0. The second-order valence-corrected chi connectivity index (χ2v) is 3.84. The summed E-state index contributed by atoms with van der Waals surface area (Å²) in [4.78, 5) is 0. The van der Waals surface area contributed by atoms with Gasteiger partial charge in [0, 0.05) is 18.9 Å². The lowest BCUT2D eigenvalue weighted by molar-refractivity contribution is -0.125. The minimum Gasteiger partial charge on any atom is -0.305 e. The number of rotatable bonds is 4. The van der Waals surface area contributed by atoms with Gasteiger partial charge in [-0.2, -0.15) is 18.3 Å². The van der Waals surface area contributed by atoms with E-state index < -0.39 is 12.7 Å². The highest BCUT2D eigenvalue weighted by Gasteiger charge is 2.25. The molecule has 0 bridgehead atoms. The Morgan fingerprint density at radius 3 is 2.44 bits per heavy atom. The van der Waals surface area contributed by atoms with Gasteiger partial charge in [0.05, 0.1) is 12.2 Å². The minimum absolute atomic E-state index is 0.193. The molecule has 1 aromatic heterocycles. The van der Waals surface area contributed by atoms with Crippen molar-refractivity contribution in [2.45, 2.75) is 12.7 Å². The van der Waals surface area contributed by atoms with Crippen LogP contribution in [0.15, 0.2) is 42.7 Å². The zero-order valence-electron chi connectivity index (χ0n) is 9.48. The molecule has 0 saturated carbocycles. The van der Waals surface area contributed by atoms with E-state index in [1.54, 1.807) is 35.3 Å². The molecule has 0 atom stereocenters. The van der Waals surface area contributed by atoms with Crippen LogP contribution in [-0.2, 0) is 6.54 Å². The molecule has 1 heterocycles. The summed E-state index contributed by atoms with van der Waals surface area (Å²) >= 11 is 0. The second-order valence-electron chi connectivity index (χ2n) is 3.84. The molecule has 1 N–H and O–H groups in total. The standard InChI is InChI=1S/C12H12F3N3/c13-12(14,15)9-16-8-10-2-4-11(5-3-10)18-7-1-6-17-18/h1-7,16H,8-9H2. The Morgan fingerprint density at radius 1 is 1.17 bits per heavy atom. The number of hydrogen-bond acceptors (Lipinski definition) is 2. The molecule has 3 nitrogen and oxygen atoms in total. The molecule has 0 radical (unpaired) electrons. The summed E-state index contributed by atoms with van der Waals surface area (Å²) < 4.78 is 37.5. The molecular weight excluding hydrogens is 243 g/mol. The lowest BCUT2D eigenvalue weighted by atomic mass is 10.2. The number of nitrogens with one attached hydrogen (secondary N) is 1. The molecule has 0 fully saturated rings. The third-order valence-corrected chi connectivity index (χ3v) is 2.36. The Kier molecular flexibility index (Phi) is 3.66. The number of benzene rings is 1. The van der Waals surface area contributed by atoms with E-state index in [0.29, 0.717) is 0 Å². The molecule has 0 aliphatic carbocycles. The third-order valence-electron chi connectivity index (χ3n) is 2.36. The molecule has 0 aliphatic heterocycles. The van der Waals surface area contributed by atoms with Gasteiger partial charge < -0.3 is 5.32 Å². The predicted octanol–water partition coefficient (Wildman–Crippen LogP) is 2.52. The van der Waals surface area contributed by atoms with Crippen molar-refractivity contribution in [3.63, 3.8) is 0 Å². The van der Waals surface area contributed by atoms with Gasteiger partial charge in [-0.1, -0.05) is 12.1 Å². The number of aromatic nitrogens is 2. The van der Waals surface area contributed by atoms with E-state index >= 15 is 0 Å². The summed E-state index contributed by atoms with van der Waals surface area (Å²) in [6.07, 6.45) is -0.704. The van der Waals surface area contributed by atoms with E-state index in [4.69, 9.17) is 0 Å².